The number of primary amides is 1. The molecule has 0 aliphatic carbocycles. The first-order valence-electron chi connectivity index (χ1n) is 4.03. The number of amides is 1. The van der Waals surface area contributed by atoms with Crippen LogP contribution in [-0.4, -0.2) is 10.8 Å². The van der Waals surface area contributed by atoms with Crippen molar-refractivity contribution in [2.24, 2.45) is 5.73 Å². The van der Waals surface area contributed by atoms with Gasteiger partial charge in [-0.1, -0.05) is 12.1 Å². The van der Waals surface area contributed by atoms with Crippen molar-refractivity contribution in [3.05, 3.63) is 39.4 Å². The summed E-state index contributed by atoms with van der Waals surface area (Å²) in [6, 6.07) is 4.66. The zero-order valence-corrected chi connectivity index (χ0v) is 7.69. The molecule has 0 radical (unpaired) electrons. The normalized spacial score (nSPS) is 9.79. The lowest BCUT2D eigenvalue weighted by atomic mass is 10.0. The van der Waals surface area contributed by atoms with E-state index in [1.165, 1.54) is 6.07 Å². The molecule has 0 fully saturated rings. The highest BCUT2D eigenvalue weighted by atomic mass is 16.6. The van der Waals surface area contributed by atoms with E-state index in [9.17, 15) is 14.9 Å². The van der Waals surface area contributed by atoms with Crippen LogP contribution < -0.4 is 5.73 Å². The Hall–Kier alpha value is -1.91. The highest BCUT2D eigenvalue weighted by Crippen LogP contribution is 2.21. The first-order valence-corrected chi connectivity index (χ1v) is 4.03. The molecule has 1 amide bonds. The second-order valence-corrected chi connectivity index (χ2v) is 2.97. The molecule has 0 aliphatic heterocycles. The summed E-state index contributed by atoms with van der Waals surface area (Å²) in [6.07, 6.45) is -0.0943. The molecule has 0 bridgehead atoms. The smallest absolute Gasteiger partial charge is 0.273 e. The fourth-order valence-corrected chi connectivity index (χ4v) is 1.26. The van der Waals surface area contributed by atoms with Gasteiger partial charge in [0.25, 0.3) is 5.69 Å². The lowest BCUT2D eigenvalue weighted by molar-refractivity contribution is -0.385. The predicted octanol–water partition coefficient (Wildman–Crippen LogP) is 0.931. The summed E-state index contributed by atoms with van der Waals surface area (Å²) in [4.78, 5) is 20.8. The highest BCUT2D eigenvalue weighted by molar-refractivity contribution is 5.78. The van der Waals surface area contributed by atoms with Crippen molar-refractivity contribution in [2.45, 2.75) is 13.3 Å². The number of nitrogens with two attached hydrogens (primary N) is 1. The van der Waals surface area contributed by atoms with Crippen LogP contribution in [0, 0.1) is 17.0 Å². The lowest BCUT2D eigenvalue weighted by Crippen LogP contribution is -2.15. The van der Waals surface area contributed by atoms with Crippen LogP contribution in [0.3, 0.4) is 0 Å². The fourth-order valence-electron chi connectivity index (χ4n) is 1.26. The maximum atomic E-state index is 10.7. The summed E-state index contributed by atoms with van der Waals surface area (Å²) < 4.78 is 0. The first kappa shape index (κ1) is 10.2. The van der Waals surface area contributed by atoms with E-state index < -0.39 is 10.8 Å². The second kappa shape index (κ2) is 3.87. The fraction of sp³-hybridized carbons (Fsp3) is 0.222. The van der Waals surface area contributed by atoms with E-state index in [0.29, 0.717) is 11.1 Å². The Morgan fingerprint density at radius 1 is 1.57 bits per heavy atom. The molecule has 5 nitrogen and oxygen atoms in total. The molecule has 1 aromatic carbocycles. The van der Waals surface area contributed by atoms with E-state index in [1.54, 1.807) is 19.1 Å². The molecule has 0 heterocycles. The maximum Gasteiger partial charge on any atom is 0.273 e. The predicted molar refractivity (Wildman–Crippen MR) is 50.7 cm³/mol. The monoisotopic (exact) mass is 194 g/mol. The molecule has 0 spiro atoms. The number of benzene rings is 1. The van der Waals surface area contributed by atoms with Crippen LogP contribution in [0.25, 0.3) is 0 Å². The van der Waals surface area contributed by atoms with Gasteiger partial charge in [0.15, 0.2) is 0 Å². The Morgan fingerprint density at radius 3 is 2.71 bits per heavy atom. The molecule has 2 N–H and O–H groups in total. The topological polar surface area (TPSA) is 86.2 Å². The van der Waals surface area contributed by atoms with Gasteiger partial charge >= 0.3 is 0 Å². The van der Waals surface area contributed by atoms with E-state index in [-0.39, 0.29) is 12.1 Å². The summed E-state index contributed by atoms with van der Waals surface area (Å²) in [7, 11) is 0. The van der Waals surface area contributed by atoms with Gasteiger partial charge in [-0.05, 0) is 12.5 Å². The Kier molecular flexibility index (Phi) is 2.81. The van der Waals surface area contributed by atoms with Gasteiger partial charge in [-0.2, -0.15) is 0 Å². The minimum Gasteiger partial charge on any atom is -0.369 e. The molecule has 0 unspecified atom stereocenters. The number of rotatable bonds is 3. The number of carbonyl (C=O) groups excluding carboxylic acids is 1. The third kappa shape index (κ3) is 2.07. The molecule has 74 valence electrons. The summed E-state index contributed by atoms with van der Waals surface area (Å²) >= 11 is 0. The van der Waals surface area contributed by atoms with Crippen LogP contribution in [0.4, 0.5) is 5.69 Å². The molecular weight excluding hydrogens is 184 g/mol. The molecule has 0 atom stereocenters. The number of hydrogen-bond donors (Lipinski definition) is 1. The van der Waals surface area contributed by atoms with Gasteiger partial charge in [0.1, 0.15) is 0 Å². The molecule has 0 aromatic heterocycles. The minimum atomic E-state index is -0.567. The van der Waals surface area contributed by atoms with Gasteiger partial charge in [-0.3, -0.25) is 14.9 Å². The average molecular weight is 194 g/mol. The van der Waals surface area contributed by atoms with Crippen LogP contribution in [0.5, 0.6) is 0 Å². The van der Waals surface area contributed by atoms with Gasteiger partial charge in [-0.15, -0.1) is 0 Å². The molecule has 1 rings (SSSR count). The van der Waals surface area contributed by atoms with Crippen LogP contribution in [0.2, 0.25) is 0 Å². The van der Waals surface area contributed by atoms with E-state index in [4.69, 9.17) is 5.73 Å². The van der Waals surface area contributed by atoms with Gasteiger partial charge in [0.05, 0.1) is 11.3 Å². The summed E-state index contributed by atoms with van der Waals surface area (Å²) in [5.74, 6) is -0.567. The number of carbonyl (C=O) groups is 1. The Morgan fingerprint density at radius 2 is 2.21 bits per heavy atom. The Labute approximate surface area is 80.7 Å². The minimum absolute atomic E-state index is 0.0520. The zero-order chi connectivity index (χ0) is 10.7. The van der Waals surface area contributed by atoms with Crippen LogP contribution in [-0.2, 0) is 11.2 Å². The van der Waals surface area contributed by atoms with Crippen LogP contribution in [0.1, 0.15) is 11.1 Å². The average Bonchev–Trinajstić information content (AvgIpc) is 2.07. The molecule has 0 saturated heterocycles. The maximum absolute atomic E-state index is 10.7. The van der Waals surface area contributed by atoms with E-state index in [2.05, 4.69) is 0 Å². The zero-order valence-electron chi connectivity index (χ0n) is 7.69. The molecular formula is C9H10N2O3. The quantitative estimate of drug-likeness (QED) is 0.573. The number of aryl methyl sites for hydroxylation is 1. The number of nitro benzene ring substituents is 1. The van der Waals surface area contributed by atoms with Gasteiger partial charge in [-0.25, -0.2) is 0 Å². The van der Waals surface area contributed by atoms with Crippen molar-refractivity contribution in [3.8, 4) is 0 Å². The standard InChI is InChI=1S/C9H10N2O3/c1-6-3-2-4-8(11(13)14)7(6)5-9(10)12/h2-4H,5H2,1H3,(H2,10,12). The van der Waals surface area contributed by atoms with E-state index >= 15 is 0 Å². The van der Waals surface area contributed by atoms with E-state index in [1.807, 2.05) is 0 Å². The van der Waals surface area contributed by atoms with Gasteiger partial charge in [0, 0.05) is 11.6 Å². The summed E-state index contributed by atoms with van der Waals surface area (Å²) in [6.45, 7) is 1.71. The van der Waals surface area contributed by atoms with Crippen molar-refractivity contribution >= 4 is 11.6 Å². The lowest BCUT2D eigenvalue weighted by Gasteiger charge is -2.03. The number of nitro groups is 1. The van der Waals surface area contributed by atoms with Crippen molar-refractivity contribution in [3.63, 3.8) is 0 Å². The number of nitrogens with zero attached hydrogens (tertiary/aromatic N) is 1. The first-order chi connectivity index (χ1) is 6.52. The van der Waals surface area contributed by atoms with Gasteiger partial charge < -0.3 is 5.73 Å². The van der Waals surface area contributed by atoms with Crippen molar-refractivity contribution in [2.75, 3.05) is 0 Å². The second-order valence-electron chi connectivity index (χ2n) is 2.97. The van der Waals surface area contributed by atoms with Crippen molar-refractivity contribution in [1.29, 1.82) is 0 Å². The SMILES string of the molecule is Cc1cccc([N+](=O)[O-])c1CC(N)=O. The molecule has 14 heavy (non-hydrogen) atoms. The third-order valence-corrected chi connectivity index (χ3v) is 1.93. The molecule has 0 saturated carbocycles. The Balaban J connectivity index is 3.22. The molecule has 1 aromatic rings. The van der Waals surface area contributed by atoms with Crippen LogP contribution in [0.15, 0.2) is 18.2 Å². The van der Waals surface area contributed by atoms with E-state index in [0.717, 1.165) is 0 Å². The third-order valence-electron chi connectivity index (χ3n) is 1.93. The highest BCUT2D eigenvalue weighted by Gasteiger charge is 2.16. The summed E-state index contributed by atoms with van der Waals surface area (Å²) in [5, 5.41) is 10.6. The van der Waals surface area contributed by atoms with Gasteiger partial charge in [0.2, 0.25) is 5.91 Å². The van der Waals surface area contributed by atoms with Crippen molar-refractivity contribution in [1.82, 2.24) is 0 Å². The largest absolute Gasteiger partial charge is 0.369 e. The number of hydrogen-bond acceptors (Lipinski definition) is 3. The summed E-state index contributed by atoms with van der Waals surface area (Å²) in [5.41, 5.74) is 6.05. The van der Waals surface area contributed by atoms with Crippen molar-refractivity contribution < 1.29 is 9.72 Å². The Bertz CT molecular complexity index is 388. The molecule has 5 heteroatoms. The molecule has 0 aliphatic rings. The van der Waals surface area contributed by atoms with Crippen LogP contribution >= 0.6 is 0 Å².